The van der Waals surface area contributed by atoms with E-state index in [4.69, 9.17) is 11.6 Å². The first-order valence-corrected chi connectivity index (χ1v) is 8.50. The van der Waals surface area contributed by atoms with Crippen molar-refractivity contribution in [1.82, 2.24) is 5.32 Å². The van der Waals surface area contributed by atoms with Crippen LogP contribution < -0.4 is 15.5 Å². The molecule has 1 heterocycles. The number of carbonyl (C=O) groups excluding carboxylic acids is 2. The number of anilines is 2. The van der Waals surface area contributed by atoms with Crippen molar-refractivity contribution in [3.8, 4) is 0 Å². The van der Waals surface area contributed by atoms with E-state index in [-0.39, 0.29) is 24.4 Å². The van der Waals surface area contributed by atoms with Crippen LogP contribution >= 0.6 is 11.6 Å². The molecule has 1 aliphatic heterocycles. The van der Waals surface area contributed by atoms with Crippen LogP contribution in [0.15, 0.2) is 42.5 Å². The summed E-state index contributed by atoms with van der Waals surface area (Å²) in [6.07, 6.45) is 0.281. The molecule has 0 saturated carbocycles. The molecule has 0 aliphatic carbocycles. The van der Waals surface area contributed by atoms with Crippen LogP contribution in [-0.2, 0) is 4.79 Å². The minimum absolute atomic E-state index is 0.0148. The number of nitrogens with one attached hydrogen (secondary N) is 2. The first-order valence-electron chi connectivity index (χ1n) is 8.12. The maximum Gasteiger partial charge on any atom is 0.319 e. The monoisotopic (exact) mass is 357 g/mol. The van der Waals surface area contributed by atoms with E-state index in [1.54, 1.807) is 29.2 Å². The van der Waals surface area contributed by atoms with Gasteiger partial charge in [0.25, 0.3) is 0 Å². The van der Waals surface area contributed by atoms with Gasteiger partial charge in [-0.2, -0.15) is 0 Å². The number of carbonyl (C=O) groups is 2. The molecule has 1 saturated heterocycles. The summed E-state index contributed by atoms with van der Waals surface area (Å²) in [4.78, 5) is 26.1. The molecule has 0 spiro atoms. The van der Waals surface area contributed by atoms with Crippen molar-refractivity contribution in [3.05, 3.63) is 58.6 Å². The van der Waals surface area contributed by atoms with E-state index in [1.807, 2.05) is 32.0 Å². The Balaban J connectivity index is 1.61. The molecule has 3 amide bonds. The zero-order chi connectivity index (χ0) is 18.0. The van der Waals surface area contributed by atoms with Crippen molar-refractivity contribution in [3.63, 3.8) is 0 Å². The van der Waals surface area contributed by atoms with Gasteiger partial charge >= 0.3 is 6.03 Å². The van der Waals surface area contributed by atoms with Crippen molar-refractivity contribution < 1.29 is 9.59 Å². The normalized spacial score (nSPS) is 16.8. The van der Waals surface area contributed by atoms with Gasteiger partial charge in [-0.05, 0) is 61.4 Å². The molecule has 0 unspecified atom stereocenters. The lowest BCUT2D eigenvalue weighted by Crippen LogP contribution is -2.39. The predicted octanol–water partition coefficient (Wildman–Crippen LogP) is 3.88. The van der Waals surface area contributed by atoms with Crippen LogP contribution in [0.1, 0.15) is 17.5 Å². The highest BCUT2D eigenvalue weighted by molar-refractivity contribution is 6.30. The predicted molar refractivity (Wildman–Crippen MR) is 100 cm³/mol. The smallest absolute Gasteiger partial charge is 0.319 e. The first-order chi connectivity index (χ1) is 11.9. The molecule has 3 rings (SSSR count). The van der Waals surface area contributed by atoms with Gasteiger partial charge in [-0.25, -0.2) is 4.79 Å². The van der Waals surface area contributed by atoms with Crippen molar-refractivity contribution in [2.45, 2.75) is 26.3 Å². The van der Waals surface area contributed by atoms with Gasteiger partial charge in [0.15, 0.2) is 0 Å². The third-order valence-electron chi connectivity index (χ3n) is 4.08. The summed E-state index contributed by atoms with van der Waals surface area (Å²) in [6, 6.07) is 12.4. The van der Waals surface area contributed by atoms with E-state index in [0.717, 1.165) is 22.5 Å². The summed E-state index contributed by atoms with van der Waals surface area (Å²) in [5, 5.41) is 6.32. The van der Waals surface area contributed by atoms with Crippen LogP contribution in [0.2, 0.25) is 5.02 Å². The van der Waals surface area contributed by atoms with E-state index >= 15 is 0 Å². The lowest BCUT2D eigenvalue weighted by molar-refractivity contribution is -0.117. The largest absolute Gasteiger partial charge is 0.333 e. The number of hydrogen-bond donors (Lipinski definition) is 2. The van der Waals surface area contributed by atoms with Gasteiger partial charge in [0.05, 0.1) is 6.04 Å². The average Bonchev–Trinajstić information content (AvgIpc) is 2.87. The summed E-state index contributed by atoms with van der Waals surface area (Å²) in [6.45, 7) is 4.41. The molecule has 1 aliphatic rings. The van der Waals surface area contributed by atoms with Crippen LogP contribution in [0.3, 0.4) is 0 Å². The standard InChI is InChI=1S/C19H20ClN3O2/c1-12-7-13(2)9-15(8-12)21-19(25)22-16-10-18(24)23(11-16)17-5-3-14(20)4-6-17/h3-9,16H,10-11H2,1-2H3,(H2,21,22,25)/t16-/m0/s1. The van der Waals surface area contributed by atoms with Crippen molar-refractivity contribution in [1.29, 1.82) is 0 Å². The SMILES string of the molecule is Cc1cc(C)cc(NC(=O)N[C@H]2CC(=O)N(c3ccc(Cl)cc3)C2)c1. The number of nitrogens with zero attached hydrogens (tertiary/aromatic N) is 1. The highest BCUT2D eigenvalue weighted by Gasteiger charge is 2.31. The van der Waals surface area contributed by atoms with Gasteiger partial charge in [0.2, 0.25) is 5.91 Å². The molecule has 2 aromatic carbocycles. The summed E-state index contributed by atoms with van der Waals surface area (Å²) >= 11 is 5.88. The van der Waals surface area contributed by atoms with Crippen molar-refractivity contribution in [2.75, 3.05) is 16.8 Å². The molecule has 1 atom stereocenters. The van der Waals surface area contributed by atoms with Crippen molar-refractivity contribution in [2.24, 2.45) is 0 Å². The number of aryl methyl sites for hydroxylation is 2. The van der Waals surface area contributed by atoms with Gasteiger partial charge in [0, 0.05) is 29.4 Å². The zero-order valence-electron chi connectivity index (χ0n) is 14.2. The van der Waals surface area contributed by atoms with Crippen LogP contribution in [-0.4, -0.2) is 24.5 Å². The number of hydrogen-bond acceptors (Lipinski definition) is 2. The fraction of sp³-hybridized carbons (Fsp3) is 0.263. The van der Waals surface area contributed by atoms with Crippen molar-refractivity contribution >= 4 is 34.9 Å². The maximum absolute atomic E-state index is 12.2. The second-order valence-electron chi connectivity index (χ2n) is 6.36. The first kappa shape index (κ1) is 17.3. The molecule has 6 heteroatoms. The van der Waals surface area contributed by atoms with E-state index in [1.165, 1.54) is 0 Å². The highest BCUT2D eigenvalue weighted by atomic mass is 35.5. The second kappa shape index (κ2) is 7.15. The zero-order valence-corrected chi connectivity index (χ0v) is 14.9. The maximum atomic E-state index is 12.2. The molecular formula is C19H20ClN3O2. The lowest BCUT2D eigenvalue weighted by Gasteiger charge is -2.17. The molecule has 0 bridgehead atoms. The number of benzene rings is 2. The molecule has 0 radical (unpaired) electrons. The number of halogens is 1. The number of amides is 3. The summed E-state index contributed by atoms with van der Waals surface area (Å²) in [5.74, 6) is -0.0148. The lowest BCUT2D eigenvalue weighted by atomic mass is 10.1. The summed E-state index contributed by atoms with van der Waals surface area (Å²) in [7, 11) is 0. The summed E-state index contributed by atoms with van der Waals surface area (Å²) in [5.41, 5.74) is 3.70. The Morgan fingerprint density at radius 2 is 1.76 bits per heavy atom. The Hall–Kier alpha value is -2.53. The van der Waals surface area contributed by atoms with Gasteiger partial charge < -0.3 is 15.5 Å². The molecule has 2 aromatic rings. The molecule has 130 valence electrons. The Morgan fingerprint density at radius 1 is 1.12 bits per heavy atom. The van der Waals surface area contributed by atoms with Crippen LogP contribution in [0.5, 0.6) is 0 Å². The Kier molecular flexibility index (Phi) is 4.95. The average molecular weight is 358 g/mol. The van der Waals surface area contributed by atoms with Crippen LogP contribution in [0.4, 0.5) is 16.2 Å². The molecule has 5 nitrogen and oxygen atoms in total. The van der Waals surface area contributed by atoms with Gasteiger partial charge in [-0.3, -0.25) is 4.79 Å². The van der Waals surface area contributed by atoms with Gasteiger partial charge in [-0.15, -0.1) is 0 Å². The van der Waals surface area contributed by atoms with Gasteiger partial charge in [0.1, 0.15) is 0 Å². The second-order valence-corrected chi connectivity index (χ2v) is 6.79. The van der Waals surface area contributed by atoms with Crippen LogP contribution in [0, 0.1) is 13.8 Å². The number of urea groups is 1. The fourth-order valence-corrected chi connectivity index (χ4v) is 3.20. The highest BCUT2D eigenvalue weighted by Crippen LogP contribution is 2.23. The Morgan fingerprint density at radius 3 is 2.40 bits per heavy atom. The van der Waals surface area contributed by atoms with E-state index < -0.39 is 0 Å². The molecular weight excluding hydrogens is 338 g/mol. The van der Waals surface area contributed by atoms with E-state index in [2.05, 4.69) is 10.6 Å². The minimum atomic E-state index is -0.305. The molecule has 2 N–H and O–H groups in total. The van der Waals surface area contributed by atoms with E-state index in [9.17, 15) is 9.59 Å². The fourth-order valence-electron chi connectivity index (χ4n) is 3.07. The summed E-state index contributed by atoms with van der Waals surface area (Å²) < 4.78 is 0. The topological polar surface area (TPSA) is 61.4 Å². The molecule has 1 fully saturated rings. The Bertz CT molecular complexity index is 785. The Labute approximate surface area is 152 Å². The molecule has 0 aromatic heterocycles. The minimum Gasteiger partial charge on any atom is -0.333 e. The quantitative estimate of drug-likeness (QED) is 0.875. The number of rotatable bonds is 3. The van der Waals surface area contributed by atoms with Crippen LogP contribution in [0.25, 0.3) is 0 Å². The van der Waals surface area contributed by atoms with Gasteiger partial charge in [-0.1, -0.05) is 17.7 Å². The third kappa shape index (κ3) is 4.31. The molecule has 25 heavy (non-hydrogen) atoms. The third-order valence-corrected chi connectivity index (χ3v) is 4.33. The van der Waals surface area contributed by atoms with E-state index in [0.29, 0.717) is 11.6 Å².